The highest BCUT2D eigenvalue weighted by Gasteiger charge is 2.45. The third kappa shape index (κ3) is 11.8. The summed E-state index contributed by atoms with van der Waals surface area (Å²) in [6, 6.07) is 15.5. The number of fused-ring (bicyclic) bond motifs is 2. The summed E-state index contributed by atoms with van der Waals surface area (Å²) >= 11 is 1.39. The smallest absolute Gasteiger partial charge is 0.262 e. The van der Waals surface area contributed by atoms with Crippen LogP contribution in [0, 0.1) is 12.8 Å². The quantitative estimate of drug-likeness (QED) is 0.0652. The molecule has 418 valence electrons. The number of piperazine rings is 1. The van der Waals surface area contributed by atoms with Gasteiger partial charge in [-0.05, 0) is 79.6 Å². The van der Waals surface area contributed by atoms with Gasteiger partial charge >= 0.3 is 0 Å². The number of amides is 2. The number of phenolic OH excluding ortho intramolecular Hbond substituents is 1. The van der Waals surface area contributed by atoms with E-state index < -0.39 is 42.3 Å². The van der Waals surface area contributed by atoms with Gasteiger partial charge in [-0.25, -0.2) is 18.7 Å². The number of aliphatic hydroxyl groups excluding tert-OH is 1. The van der Waals surface area contributed by atoms with Crippen LogP contribution in [-0.2, 0) is 14.3 Å². The van der Waals surface area contributed by atoms with Gasteiger partial charge in [-0.3, -0.25) is 19.5 Å². The van der Waals surface area contributed by atoms with E-state index in [1.54, 1.807) is 29.8 Å². The lowest BCUT2D eigenvalue weighted by atomic mass is 9.91. The number of phenols is 1. The first-order valence-corrected chi connectivity index (χ1v) is 28.1. The van der Waals surface area contributed by atoms with E-state index in [-0.39, 0.29) is 72.2 Å². The SMILES string of the molecule is Cc1ncsc1-c1ccc([C@@H](NC(=O)[C@@H]2C[C@@H](O)CN2C(=O)[C@@H](c2cc(OCCN3CCC(OC4CC(Oc5cc(N6C7CCC6CN(c6cc(-c8ccccc8O)nnc6N)C7)ccn5)C4)CC3)no2)C(C)C)C(F)F)cn1. The van der Waals surface area contributed by atoms with Crippen molar-refractivity contribution in [2.24, 2.45) is 5.92 Å². The molecule has 5 aliphatic rings. The number of carbonyl (C=O) groups is 2. The fourth-order valence-electron chi connectivity index (χ4n) is 11.8. The number of aromatic hydroxyl groups is 1. The molecule has 4 aliphatic heterocycles. The number of halogens is 2. The lowest BCUT2D eigenvalue weighted by Gasteiger charge is -2.43. The number of likely N-dealkylation sites (tertiary alicyclic amines) is 2. The van der Waals surface area contributed by atoms with Crippen LogP contribution in [0.4, 0.5) is 26.0 Å². The number of nitrogens with two attached hydrogens (primary N) is 1. The molecule has 5 aromatic heterocycles. The molecule has 6 aromatic rings. The van der Waals surface area contributed by atoms with Crippen LogP contribution in [0.5, 0.6) is 17.5 Å². The molecule has 79 heavy (non-hydrogen) atoms. The number of alkyl halides is 2. The minimum atomic E-state index is -2.97. The van der Waals surface area contributed by atoms with Crippen molar-refractivity contribution in [2.75, 3.05) is 61.4 Å². The number of rotatable bonds is 19. The van der Waals surface area contributed by atoms with Crippen molar-refractivity contribution in [2.45, 2.75) is 127 Å². The number of piperidine rings is 1. The Hall–Kier alpha value is -7.08. The summed E-state index contributed by atoms with van der Waals surface area (Å²) in [5.41, 5.74) is 12.6. The summed E-state index contributed by atoms with van der Waals surface area (Å²) in [4.78, 5) is 50.2. The van der Waals surface area contributed by atoms with Gasteiger partial charge < -0.3 is 54.7 Å². The van der Waals surface area contributed by atoms with E-state index >= 15 is 0 Å². The molecule has 11 rings (SSSR count). The summed E-state index contributed by atoms with van der Waals surface area (Å²) in [7, 11) is 0. The van der Waals surface area contributed by atoms with Crippen LogP contribution in [0.2, 0.25) is 0 Å². The molecular weight excluding hydrogens is 1040 g/mol. The molecule has 2 bridgehead atoms. The number of aromatic nitrogens is 6. The summed E-state index contributed by atoms with van der Waals surface area (Å²) in [6.07, 6.45) is 4.82. The van der Waals surface area contributed by atoms with Gasteiger partial charge in [-0.15, -0.1) is 21.5 Å². The lowest BCUT2D eigenvalue weighted by molar-refractivity contribution is -0.141. The molecule has 2 unspecified atom stereocenters. The van der Waals surface area contributed by atoms with Gasteiger partial charge in [0.25, 0.3) is 12.3 Å². The predicted molar refractivity (Wildman–Crippen MR) is 290 cm³/mol. The summed E-state index contributed by atoms with van der Waals surface area (Å²) < 4.78 is 53.6. The maximum absolute atomic E-state index is 14.5. The van der Waals surface area contributed by atoms with Crippen molar-refractivity contribution < 1.29 is 47.3 Å². The average molecular weight is 1110 g/mol. The zero-order valence-corrected chi connectivity index (χ0v) is 45.1. The Balaban J connectivity index is 0.608. The summed E-state index contributed by atoms with van der Waals surface area (Å²) in [5, 5.41) is 36.2. The van der Waals surface area contributed by atoms with Crippen LogP contribution >= 0.6 is 11.3 Å². The van der Waals surface area contributed by atoms with E-state index in [4.69, 9.17) is 24.5 Å². The maximum atomic E-state index is 14.5. The molecule has 4 saturated heterocycles. The lowest BCUT2D eigenvalue weighted by Crippen LogP contribution is -2.54. The Bertz CT molecular complexity index is 3070. The van der Waals surface area contributed by atoms with E-state index in [0.29, 0.717) is 41.8 Å². The van der Waals surface area contributed by atoms with Crippen molar-refractivity contribution in [1.82, 2.24) is 45.4 Å². The Morgan fingerprint density at radius 3 is 2.39 bits per heavy atom. The average Bonchev–Trinajstić information content (AvgIpc) is 4.24. The van der Waals surface area contributed by atoms with Crippen LogP contribution in [0.1, 0.15) is 87.8 Å². The van der Waals surface area contributed by atoms with E-state index in [1.165, 1.54) is 28.5 Å². The number of nitrogen functional groups attached to an aromatic ring is 1. The van der Waals surface area contributed by atoms with E-state index in [0.717, 1.165) is 86.6 Å². The summed E-state index contributed by atoms with van der Waals surface area (Å²) in [5.74, 6) is -0.906. The number of hydrogen-bond acceptors (Lipinski definition) is 19. The van der Waals surface area contributed by atoms with E-state index in [1.807, 2.05) is 45.2 Å². The fourth-order valence-corrected chi connectivity index (χ4v) is 12.6. The number of nitrogens with one attached hydrogen (secondary N) is 1. The van der Waals surface area contributed by atoms with Crippen LogP contribution in [0.15, 0.2) is 83.1 Å². The second kappa shape index (κ2) is 23.3. The molecule has 1 aliphatic carbocycles. The number of aryl methyl sites for hydroxylation is 1. The van der Waals surface area contributed by atoms with Crippen molar-refractivity contribution in [1.29, 1.82) is 0 Å². The third-order valence-electron chi connectivity index (χ3n) is 16.0. The number of thiazole rings is 1. The molecule has 5 N–H and O–H groups in total. The van der Waals surface area contributed by atoms with Gasteiger partial charge in [-0.2, -0.15) is 0 Å². The number of benzene rings is 1. The number of pyridine rings is 2. The number of β-amino-alcohol motifs (C(OH)–C–C–N with tert-alkyl or cyclic N) is 1. The van der Waals surface area contributed by atoms with E-state index in [9.17, 15) is 28.6 Å². The number of carbonyl (C=O) groups excluding carboxylic acids is 2. The van der Waals surface area contributed by atoms with Crippen molar-refractivity contribution >= 4 is 40.3 Å². The zero-order chi connectivity index (χ0) is 54.9. The molecular formula is C56H66F2N12O8S. The molecule has 9 heterocycles. The fraction of sp³-hybridized carbons (Fsp3) is 0.500. The Kier molecular flexibility index (Phi) is 15.9. The van der Waals surface area contributed by atoms with Crippen molar-refractivity contribution in [3.63, 3.8) is 0 Å². The van der Waals surface area contributed by atoms with Gasteiger partial charge in [0.05, 0.1) is 51.5 Å². The Morgan fingerprint density at radius 2 is 1.68 bits per heavy atom. The first kappa shape index (κ1) is 53.9. The van der Waals surface area contributed by atoms with Gasteiger partial charge in [0.2, 0.25) is 17.7 Å². The van der Waals surface area contributed by atoms with E-state index in [2.05, 4.69) is 62.5 Å². The van der Waals surface area contributed by atoms with Gasteiger partial charge in [0.15, 0.2) is 11.6 Å². The van der Waals surface area contributed by atoms with Crippen LogP contribution in [0.3, 0.4) is 0 Å². The molecule has 5 fully saturated rings. The largest absolute Gasteiger partial charge is 0.507 e. The van der Waals surface area contributed by atoms with Gasteiger partial charge in [0, 0.05) is 106 Å². The maximum Gasteiger partial charge on any atom is 0.262 e. The monoisotopic (exact) mass is 1100 g/mol. The standard InChI is InChI=1S/C56H66F2N12O8S/c1-31(2)50(56(74)69-29-37(71)21-45(69)55(73)63-51(53(57)58)33-8-11-42(61-26-33)52-32(3)62-30-79-52)47-25-49(66-78-47)75-19-18-67-16-13-38(14-17-67)76-39-22-40(23-39)77-48-20-34(12-15-60-48)70-35-9-10-36(70)28-68(27-35)44-24-43(64-65-54(44)59)41-6-4-5-7-46(41)72/h4-8,11-12,15,20,24-26,30-31,35-40,45,50-51,53,71-72H,9-10,13-14,16-19,21-23,27-29H2,1-3H3,(H2,59,65)(H,63,73)/t35?,36?,37-,39?,40?,45+,50-,51-/m1/s1. The third-order valence-corrected chi connectivity index (χ3v) is 17.0. The minimum absolute atomic E-state index is 0.0302. The minimum Gasteiger partial charge on any atom is -0.507 e. The molecule has 1 saturated carbocycles. The van der Waals surface area contributed by atoms with Crippen LogP contribution in [-0.4, -0.2) is 157 Å². The second-order valence-electron chi connectivity index (χ2n) is 21.7. The molecule has 0 radical (unpaired) electrons. The second-order valence-corrected chi connectivity index (χ2v) is 22.5. The number of anilines is 3. The Morgan fingerprint density at radius 1 is 0.899 bits per heavy atom. The first-order valence-electron chi connectivity index (χ1n) is 27.2. The molecule has 1 aromatic carbocycles. The topological polar surface area (TPSA) is 244 Å². The first-order chi connectivity index (χ1) is 38.2. The summed E-state index contributed by atoms with van der Waals surface area (Å²) in [6.45, 7) is 9.57. The number of para-hydroxylation sites is 1. The Labute approximate surface area is 460 Å². The number of ether oxygens (including phenoxy) is 3. The van der Waals surface area contributed by atoms with Gasteiger partial charge in [0.1, 0.15) is 36.5 Å². The zero-order valence-electron chi connectivity index (χ0n) is 44.3. The number of aliphatic hydroxyl groups is 1. The van der Waals surface area contributed by atoms with Gasteiger partial charge in [-0.1, -0.05) is 32.0 Å². The highest BCUT2D eigenvalue weighted by atomic mass is 32.1. The van der Waals surface area contributed by atoms with Crippen molar-refractivity contribution in [3.05, 3.63) is 95.6 Å². The number of hydrogen-bond donors (Lipinski definition) is 4. The molecule has 0 spiro atoms. The molecule has 6 atom stereocenters. The van der Waals surface area contributed by atoms with Crippen LogP contribution < -0.4 is 30.3 Å². The van der Waals surface area contributed by atoms with Crippen LogP contribution in [0.25, 0.3) is 21.8 Å². The van der Waals surface area contributed by atoms with Crippen molar-refractivity contribution in [3.8, 4) is 39.3 Å². The number of nitrogens with zero attached hydrogens (tertiary/aromatic N) is 10. The molecule has 2 amide bonds. The predicted octanol–water partition coefficient (Wildman–Crippen LogP) is 6.79. The highest BCUT2D eigenvalue weighted by Crippen LogP contribution is 2.41. The normalized spacial score (nSPS) is 23.3. The highest BCUT2D eigenvalue weighted by molar-refractivity contribution is 7.13. The molecule has 20 nitrogen and oxygen atoms in total. The molecule has 23 heteroatoms.